The number of aliphatic hydroxyl groups excluding tert-OH is 1. The van der Waals surface area contributed by atoms with Crippen molar-refractivity contribution in [1.82, 2.24) is 4.90 Å². The molecule has 1 saturated carbocycles. The SMILES string of the molecule is CN(C)CC1(C)CC(O)CC(C)(C)C1. The maximum absolute atomic E-state index is 9.87. The van der Waals surface area contributed by atoms with Crippen LogP contribution in [0.4, 0.5) is 0 Å². The fourth-order valence-corrected chi connectivity index (χ4v) is 3.46. The second kappa shape index (κ2) is 3.82. The van der Waals surface area contributed by atoms with Gasteiger partial charge >= 0.3 is 0 Å². The molecule has 0 aromatic rings. The van der Waals surface area contributed by atoms with E-state index in [-0.39, 0.29) is 11.5 Å². The van der Waals surface area contributed by atoms with E-state index >= 15 is 0 Å². The summed E-state index contributed by atoms with van der Waals surface area (Å²) in [5, 5.41) is 9.87. The summed E-state index contributed by atoms with van der Waals surface area (Å²) in [6, 6.07) is 0. The van der Waals surface area contributed by atoms with Crippen LogP contribution in [-0.2, 0) is 0 Å². The molecule has 0 bridgehead atoms. The molecule has 2 atom stereocenters. The Morgan fingerprint density at radius 3 is 2.21 bits per heavy atom. The monoisotopic (exact) mass is 199 g/mol. The number of nitrogens with zero attached hydrogens (tertiary/aromatic N) is 1. The Morgan fingerprint density at radius 2 is 1.79 bits per heavy atom. The molecule has 0 aromatic heterocycles. The smallest absolute Gasteiger partial charge is 0.0551 e. The van der Waals surface area contributed by atoms with E-state index in [1.54, 1.807) is 0 Å². The molecule has 14 heavy (non-hydrogen) atoms. The summed E-state index contributed by atoms with van der Waals surface area (Å²) in [4.78, 5) is 2.23. The van der Waals surface area contributed by atoms with Crippen molar-refractivity contribution in [3.63, 3.8) is 0 Å². The summed E-state index contributed by atoms with van der Waals surface area (Å²) < 4.78 is 0. The van der Waals surface area contributed by atoms with Crippen LogP contribution in [0.5, 0.6) is 0 Å². The molecular weight excluding hydrogens is 174 g/mol. The Labute approximate surface area is 88.3 Å². The van der Waals surface area contributed by atoms with Crippen LogP contribution >= 0.6 is 0 Å². The zero-order chi connectivity index (χ0) is 11.0. The molecule has 0 heterocycles. The highest BCUT2D eigenvalue weighted by atomic mass is 16.3. The number of rotatable bonds is 2. The van der Waals surface area contributed by atoms with E-state index in [9.17, 15) is 5.11 Å². The Morgan fingerprint density at radius 1 is 1.21 bits per heavy atom. The molecule has 1 fully saturated rings. The third-order valence-corrected chi connectivity index (χ3v) is 3.12. The summed E-state index contributed by atoms with van der Waals surface area (Å²) in [6.07, 6.45) is 3.02. The molecule has 0 saturated heterocycles. The van der Waals surface area contributed by atoms with Crippen LogP contribution in [0.3, 0.4) is 0 Å². The van der Waals surface area contributed by atoms with Gasteiger partial charge in [-0.05, 0) is 44.2 Å². The fourth-order valence-electron chi connectivity index (χ4n) is 3.46. The standard InChI is InChI=1S/C12H25NO/c1-11(2)6-10(14)7-12(3,8-11)9-13(4)5/h10,14H,6-9H2,1-5H3. The molecule has 0 aliphatic heterocycles. The van der Waals surface area contributed by atoms with Crippen molar-refractivity contribution in [2.24, 2.45) is 10.8 Å². The lowest BCUT2D eigenvalue weighted by molar-refractivity contribution is -0.0194. The molecule has 2 unspecified atom stereocenters. The van der Waals surface area contributed by atoms with Crippen molar-refractivity contribution in [2.75, 3.05) is 20.6 Å². The van der Waals surface area contributed by atoms with E-state index in [1.165, 1.54) is 6.42 Å². The van der Waals surface area contributed by atoms with E-state index in [0.717, 1.165) is 19.4 Å². The van der Waals surface area contributed by atoms with Gasteiger partial charge in [0.05, 0.1) is 6.10 Å². The summed E-state index contributed by atoms with van der Waals surface area (Å²) in [5.74, 6) is 0. The van der Waals surface area contributed by atoms with Crippen LogP contribution in [0, 0.1) is 10.8 Å². The first-order valence-corrected chi connectivity index (χ1v) is 5.55. The molecule has 0 amide bonds. The van der Waals surface area contributed by atoms with Gasteiger partial charge in [0.2, 0.25) is 0 Å². The molecule has 0 spiro atoms. The highest BCUT2D eigenvalue weighted by Gasteiger charge is 2.40. The van der Waals surface area contributed by atoms with Crippen molar-refractivity contribution < 1.29 is 5.11 Å². The summed E-state index contributed by atoms with van der Waals surface area (Å²) in [6.45, 7) is 7.91. The zero-order valence-electron chi connectivity index (χ0n) is 10.3. The minimum Gasteiger partial charge on any atom is -0.393 e. The Hall–Kier alpha value is -0.0800. The van der Waals surface area contributed by atoms with E-state index in [4.69, 9.17) is 0 Å². The van der Waals surface area contributed by atoms with Gasteiger partial charge in [-0.1, -0.05) is 20.8 Å². The largest absolute Gasteiger partial charge is 0.393 e. The number of hydrogen-bond donors (Lipinski definition) is 1. The molecule has 2 heteroatoms. The third-order valence-electron chi connectivity index (χ3n) is 3.12. The van der Waals surface area contributed by atoms with E-state index in [2.05, 4.69) is 39.8 Å². The van der Waals surface area contributed by atoms with Gasteiger partial charge in [-0.3, -0.25) is 0 Å². The van der Waals surface area contributed by atoms with E-state index in [1.807, 2.05) is 0 Å². The molecule has 84 valence electrons. The quantitative estimate of drug-likeness (QED) is 0.736. The first-order chi connectivity index (χ1) is 6.22. The molecule has 0 aromatic carbocycles. The average molecular weight is 199 g/mol. The second-order valence-corrected chi connectivity index (χ2v) is 6.45. The maximum Gasteiger partial charge on any atom is 0.0551 e. The van der Waals surface area contributed by atoms with Gasteiger partial charge in [0.15, 0.2) is 0 Å². The summed E-state index contributed by atoms with van der Waals surface area (Å²) in [7, 11) is 4.22. The van der Waals surface area contributed by atoms with Crippen LogP contribution in [0.25, 0.3) is 0 Å². The zero-order valence-corrected chi connectivity index (χ0v) is 10.3. The minimum absolute atomic E-state index is 0.108. The molecular formula is C12H25NO. The van der Waals surface area contributed by atoms with Crippen molar-refractivity contribution in [2.45, 2.75) is 46.1 Å². The highest BCUT2D eigenvalue weighted by Crippen LogP contribution is 2.46. The van der Waals surface area contributed by atoms with Crippen LogP contribution in [0.1, 0.15) is 40.0 Å². The first kappa shape index (κ1) is 12.0. The second-order valence-electron chi connectivity index (χ2n) is 6.45. The molecule has 2 nitrogen and oxygen atoms in total. The average Bonchev–Trinajstić information content (AvgIpc) is 1.74. The van der Waals surface area contributed by atoms with Crippen molar-refractivity contribution >= 4 is 0 Å². The van der Waals surface area contributed by atoms with Gasteiger partial charge in [0, 0.05) is 6.54 Å². The Bertz CT molecular complexity index is 196. The van der Waals surface area contributed by atoms with Gasteiger partial charge in [-0.25, -0.2) is 0 Å². The normalized spacial score (nSPS) is 37.5. The lowest BCUT2D eigenvalue weighted by Crippen LogP contribution is -2.43. The Balaban J connectivity index is 2.68. The molecule has 1 N–H and O–H groups in total. The molecule has 1 rings (SSSR count). The lowest BCUT2D eigenvalue weighted by atomic mass is 9.63. The van der Waals surface area contributed by atoms with Gasteiger partial charge < -0.3 is 10.0 Å². The molecule has 1 aliphatic carbocycles. The highest BCUT2D eigenvalue weighted by molar-refractivity contribution is 4.92. The first-order valence-electron chi connectivity index (χ1n) is 5.55. The van der Waals surface area contributed by atoms with Crippen molar-refractivity contribution in [1.29, 1.82) is 0 Å². The van der Waals surface area contributed by atoms with Crippen LogP contribution in [0.2, 0.25) is 0 Å². The minimum atomic E-state index is -0.108. The van der Waals surface area contributed by atoms with Crippen LogP contribution < -0.4 is 0 Å². The molecule has 0 radical (unpaired) electrons. The van der Waals surface area contributed by atoms with E-state index < -0.39 is 0 Å². The maximum atomic E-state index is 9.87. The summed E-state index contributed by atoms with van der Waals surface area (Å²) >= 11 is 0. The topological polar surface area (TPSA) is 23.5 Å². The van der Waals surface area contributed by atoms with Crippen molar-refractivity contribution in [3.05, 3.63) is 0 Å². The summed E-state index contributed by atoms with van der Waals surface area (Å²) in [5.41, 5.74) is 0.576. The number of hydrogen-bond acceptors (Lipinski definition) is 2. The van der Waals surface area contributed by atoms with Gasteiger partial charge in [0.1, 0.15) is 0 Å². The van der Waals surface area contributed by atoms with Gasteiger partial charge in [-0.15, -0.1) is 0 Å². The van der Waals surface area contributed by atoms with E-state index in [0.29, 0.717) is 5.41 Å². The van der Waals surface area contributed by atoms with Gasteiger partial charge in [0.25, 0.3) is 0 Å². The fraction of sp³-hybridized carbons (Fsp3) is 1.00. The Kier molecular flexibility index (Phi) is 3.27. The lowest BCUT2D eigenvalue weighted by Gasteiger charge is -2.46. The third kappa shape index (κ3) is 3.25. The predicted molar refractivity (Wildman–Crippen MR) is 60.3 cm³/mol. The van der Waals surface area contributed by atoms with Crippen LogP contribution in [0.15, 0.2) is 0 Å². The molecule has 1 aliphatic rings. The number of aliphatic hydroxyl groups is 1. The van der Waals surface area contributed by atoms with Gasteiger partial charge in [-0.2, -0.15) is 0 Å². The van der Waals surface area contributed by atoms with Crippen molar-refractivity contribution in [3.8, 4) is 0 Å². The van der Waals surface area contributed by atoms with Crippen LogP contribution in [-0.4, -0.2) is 36.8 Å². The predicted octanol–water partition coefficient (Wildman–Crippen LogP) is 2.13.